The number of thiophene rings is 1. The molecule has 3 aromatic rings. The summed E-state index contributed by atoms with van der Waals surface area (Å²) in [6.45, 7) is 7.25. The van der Waals surface area contributed by atoms with Crippen molar-refractivity contribution in [1.29, 1.82) is 5.26 Å². The summed E-state index contributed by atoms with van der Waals surface area (Å²) >= 11 is 1.47. The lowest BCUT2D eigenvalue weighted by Gasteiger charge is -2.32. The van der Waals surface area contributed by atoms with Crippen molar-refractivity contribution in [3.05, 3.63) is 35.2 Å². The van der Waals surface area contributed by atoms with Crippen LogP contribution >= 0.6 is 11.3 Å². The van der Waals surface area contributed by atoms with E-state index in [0.717, 1.165) is 77.7 Å². The Hall–Kier alpha value is -2.40. The van der Waals surface area contributed by atoms with Gasteiger partial charge in [0.2, 0.25) is 0 Å². The number of nitrogens with one attached hydrogen (secondary N) is 1. The van der Waals surface area contributed by atoms with E-state index in [-0.39, 0.29) is 0 Å². The quantitative estimate of drug-likeness (QED) is 0.554. The van der Waals surface area contributed by atoms with Crippen molar-refractivity contribution in [2.45, 2.75) is 25.7 Å². The standard InChI is InChI=1S/C24H29N5OS/c25-16-20-21(19-6-2-1-3-7-19)22-23(26-27-24(22)31-20)29-12-8-18(9-13-29)17-30-15-14-28-10-4-5-11-28/h1-3,6-7,18H,4-5,8-15,17H2,(H,26,27). The van der Waals surface area contributed by atoms with Crippen LogP contribution < -0.4 is 4.90 Å². The SMILES string of the molecule is N#Cc1sc2n[nH]c(N3CCC(COCCN4CCCC4)CC3)c2c1-c1ccccc1. The van der Waals surface area contributed by atoms with E-state index >= 15 is 0 Å². The molecule has 0 aliphatic carbocycles. The van der Waals surface area contributed by atoms with Gasteiger partial charge in [0.15, 0.2) is 0 Å². The van der Waals surface area contributed by atoms with Crippen LogP contribution in [0, 0.1) is 17.2 Å². The number of benzene rings is 1. The first kappa shape index (κ1) is 20.5. The van der Waals surface area contributed by atoms with Crippen molar-refractivity contribution in [2.75, 3.05) is 50.8 Å². The lowest BCUT2D eigenvalue weighted by molar-refractivity contribution is 0.0753. The van der Waals surface area contributed by atoms with E-state index in [1.807, 2.05) is 18.2 Å². The van der Waals surface area contributed by atoms with E-state index in [1.54, 1.807) is 0 Å². The number of nitriles is 1. The minimum absolute atomic E-state index is 0.624. The third-order valence-corrected chi connectivity index (χ3v) is 7.58. The van der Waals surface area contributed by atoms with Gasteiger partial charge in [-0.25, -0.2) is 0 Å². The van der Waals surface area contributed by atoms with Gasteiger partial charge in [-0.3, -0.25) is 5.10 Å². The number of aromatic nitrogens is 2. The fourth-order valence-corrected chi connectivity index (χ4v) is 5.79. The van der Waals surface area contributed by atoms with Crippen LogP contribution in [0.25, 0.3) is 21.3 Å². The number of hydrogen-bond acceptors (Lipinski definition) is 6. The molecule has 0 saturated carbocycles. The summed E-state index contributed by atoms with van der Waals surface area (Å²) in [5.74, 6) is 1.68. The second-order valence-corrected chi connectivity index (χ2v) is 9.59. The monoisotopic (exact) mass is 435 g/mol. The van der Waals surface area contributed by atoms with Crippen LogP contribution in [0.15, 0.2) is 30.3 Å². The Labute approximate surface area is 187 Å². The maximum Gasteiger partial charge on any atom is 0.149 e. The highest BCUT2D eigenvalue weighted by Gasteiger charge is 2.26. The number of H-pyrrole nitrogens is 1. The Morgan fingerprint density at radius 2 is 1.90 bits per heavy atom. The first-order valence-corrected chi connectivity index (χ1v) is 12.2. The second-order valence-electron chi connectivity index (χ2n) is 8.59. The first-order chi connectivity index (χ1) is 15.3. The van der Waals surface area contributed by atoms with E-state index in [4.69, 9.17) is 4.74 Å². The molecule has 2 saturated heterocycles. The molecule has 0 spiro atoms. The number of piperidine rings is 1. The number of nitrogens with zero attached hydrogens (tertiary/aromatic N) is 4. The van der Waals surface area contributed by atoms with Crippen molar-refractivity contribution < 1.29 is 4.74 Å². The summed E-state index contributed by atoms with van der Waals surface area (Å²) in [4.78, 5) is 6.56. The molecule has 2 aromatic heterocycles. The normalized spacial score (nSPS) is 18.1. The summed E-state index contributed by atoms with van der Waals surface area (Å²) in [6, 6.07) is 12.6. The number of rotatable bonds is 7. The Morgan fingerprint density at radius 1 is 1.13 bits per heavy atom. The second kappa shape index (κ2) is 9.39. The molecule has 0 radical (unpaired) electrons. The molecule has 1 N–H and O–H groups in total. The zero-order chi connectivity index (χ0) is 21.0. The van der Waals surface area contributed by atoms with E-state index < -0.39 is 0 Å². The third kappa shape index (κ3) is 4.33. The van der Waals surface area contributed by atoms with Crippen LogP contribution in [0.1, 0.15) is 30.6 Å². The van der Waals surface area contributed by atoms with Gasteiger partial charge in [-0.2, -0.15) is 10.4 Å². The van der Waals surface area contributed by atoms with Gasteiger partial charge < -0.3 is 14.5 Å². The fraction of sp³-hybridized carbons (Fsp3) is 0.500. The summed E-state index contributed by atoms with van der Waals surface area (Å²) in [5, 5.41) is 18.6. The number of fused-ring (bicyclic) bond motifs is 1. The van der Waals surface area contributed by atoms with Crippen molar-refractivity contribution in [1.82, 2.24) is 15.1 Å². The Morgan fingerprint density at radius 3 is 2.65 bits per heavy atom. The maximum absolute atomic E-state index is 9.70. The Kier molecular flexibility index (Phi) is 6.21. The van der Waals surface area contributed by atoms with Gasteiger partial charge in [-0.05, 0) is 50.3 Å². The molecule has 2 fully saturated rings. The molecule has 0 unspecified atom stereocenters. The largest absolute Gasteiger partial charge is 0.380 e. The van der Waals surface area contributed by atoms with Gasteiger partial charge in [0.1, 0.15) is 21.6 Å². The van der Waals surface area contributed by atoms with Crippen LogP contribution in [0.3, 0.4) is 0 Å². The zero-order valence-electron chi connectivity index (χ0n) is 17.8. The number of ether oxygens (including phenoxy) is 1. The molecular formula is C24H29N5OS. The van der Waals surface area contributed by atoms with E-state index in [0.29, 0.717) is 5.92 Å². The van der Waals surface area contributed by atoms with Crippen LogP contribution in [-0.4, -0.2) is 61.0 Å². The average Bonchev–Trinajstić information content (AvgIpc) is 3.54. The van der Waals surface area contributed by atoms with Crippen LogP contribution in [0.2, 0.25) is 0 Å². The molecule has 31 heavy (non-hydrogen) atoms. The van der Waals surface area contributed by atoms with Gasteiger partial charge >= 0.3 is 0 Å². The van der Waals surface area contributed by atoms with E-state index in [1.165, 1.54) is 37.3 Å². The van der Waals surface area contributed by atoms with Gasteiger partial charge in [-0.15, -0.1) is 11.3 Å². The van der Waals surface area contributed by atoms with Crippen LogP contribution in [-0.2, 0) is 4.74 Å². The maximum atomic E-state index is 9.70. The molecule has 2 aliphatic heterocycles. The zero-order valence-corrected chi connectivity index (χ0v) is 18.7. The van der Waals surface area contributed by atoms with Crippen molar-refractivity contribution in [2.24, 2.45) is 5.92 Å². The Balaban J connectivity index is 1.24. The van der Waals surface area contributed by atoms with Crippen molar-refractivity contribution in [3.63, 3.8) is 0 Å². The highest BCUT2D eigenvalue weighted by Crippen LogP contribution is 2.42. The first-order valence-electron chi connectivity index (χ1n) is 11.3. The topological polar surface area (TPSA) is 68.2 Å². The van der Waals surface area contributed by atoms with E-state index in [2.05, 4.69) is 38.2 Å². The third-order valence-electron chi connectivity index (χ3n) is 6.59. The highest BCUT2D eigenvalue weighted by atomic mass is 32.1. The Bertz CT molecular complexity index is 1040. The lowest BCUT2D eigenvalue weighted by Crippen LogP contribution is -2.35. The smallest absolute Gasteiger partial charge is 0.149 e. The van der Waals surface area contributed by atoms with Gasteiger partial charge in [-0.1, -0.05) is 30.3 Å². The predicted octanol–water partition coefficient (Wildman–Crippen LogP) is 4.49. The van der Waals surface area contributed by atoms with Crippen molar-refractivity contribution >= 4 is 27.4 Å². The summed E-state index contributed by atoms with van der Waals surface area (Å²) in [5.41, 5.74) is 2.09. The summed E-state index contributed by atoms with van der Waals surface area (Å²) in [6.07, 6.45) is 4.93. The minimum Gasteiger partial charge on any atom is -0.380 e. The summed E-state index contributed by atoms with van der Waals surface area (Å²) in [7, 11) is 0. The van der Waals surface area contributed by atoms with Gasteiger partial charge in [0, 0.05) is 31.8 Å². The van der Waals surface area contributed by atoms with Crippen LogP contribution in [0.5, 0.6) is 0 Å². The lowest BCUT2D eigenvalue weighted by atomic mass is 9.97. The molecule has 4 heterocycles. The van der Waals surface area contributed by atoms with Crippen molar-refractivity contribution in [3.8, 4) is 17.2 Å². The molecule has 0 bridgehead atoms. The number of aromatic amines is 1. The molecule has 2 aliphatic rings. The van der Waals surface area contributed by atoms with E-state index in [9.17, 15) is 5.26 Å². The summed E-state index contributed by atoms with van der Waals surface area (Å²) < 4.78 is 6.01. The molecular weight excluding hydrogens is 406 g/mol. The molecule has 5 rings (SSSR count). The highest BCUT2D eigenvalue weighted by molar-refractivity contribution is 7.19. The molecule has 6 nitrogen and oxygen atoms in total. The molecule has 1 aromatic carbocycles. The number of anilines is 1. The molecule has 0 atom stereocenters. The average molecular weight is 436 g/mol. The predicted molar refractivity (Wildman–Crippen MR) is 126 cm³/mol. The molecule has 162 valence electrons. The minimum atomic E-state index is 0.624. The number of likely N-dealkylation sites (tertiary alicyclic amines) is 1. The number of hydrogen-bond donors (Lipinski definition) is 1. The molecule has 7 heteroatoms. The van der Waals surface area contributed by atoms with Gasteiger partial charge in [0.05, 0.1) is 12.0 Å². The van der Waals surface area contributed by atoms with Gasteiger partial charge in [0.25, 0.3) is 0 Å². The van der Waals surface area contributed by atoms with Crippen LogP contribution in [0.4, 0.5) is 5.82 Å². The molecule has 0 amide bonds. The fourth-order valence-electron chi connectivity index (χ4n) is 4.84.